The predicted octanol–water partition coefficient (Wildman–Crippen LogP) is 2.96. The average Bonchev–Trinajstić information content (AvgIpc) is 2.49. The van der Waals surface area contributed by atoms with Gasteiger partial charge in [-0.2, -0.15) is 0 Å². The Hall–Kier alpha value is -1.43. The Morgan fingerprint density at radius 2 is 2.07 bits per heavy atom. The highest BCUT2D eigenvalue weighted by Gasteiger charge is 2.16. The van der Waals surface area contributed by atoms with Gasteiger partial charge in [0.2, 0.25) is 0 Å². The number of nitrogens with zero attached hydrogens (tertiary/aromatic N) is 1. The summed E-state index contributed by atoms with van der Waals surface area (Å²) in [6.07, 6.45) is 0. The maximum atomic E-state index is 13.3. The van der Waals surface area contributed by atoms with Gasteiger partial charge in [0.1, 0.15) is 16.1 Å². The minimum atomic E-state index is -0.730. The molecule has 0 aliphatic carbocycles. The van der Waals surface area contributed by atoms with Crippen LogP contribution in [0.5, 0.6) is 0 Å². The van der Waals surface area contributed by atoms with Gasteiger partial charge in [0, 0.05) is 6.07 Å². The van der Waals surface area contributed by atoms with Gasteiger partial charge in [0.05, 0.1) is 5.56 Å². The summed E-state index contributed by atoms with van der Waals surface area (Å²) in [4.78, 5) is 0. The highest BCUT2D eigenvalue weighted by molar-refractivity contribution is 9.10. The molecule has 0 saturated heterocycles. The Balaban J connectivity index is 2.59. The first kappa shape index (κ1) is 10.1. The third-order valence-electron chi connectivity index (χ3n) is 1.84. The molecule has 6 heteroatoms. The SMILES string of the molecule is Nc1noc(-c2ccc(F)cc2F)c1Br. The highest BCUT2D eigenvalue weighted by Crippen LogP contribution is 2.33. The Bertz CT molecular complexity index is 513. The van der Waals surface area contributed by atoms with Gasteiger partial charge in [-0.25, -0.2) is 8.78 Å². The lowest BCUT2D eigenvalue weighted by molar-refractivity contribution is 0.432. The van der Waals surface area contributed by atoms with E-state index in [-0.39, 0.29) is 17.1 Å². The van der Waals surface area contributed by atoms with Crippen molar-refractivity contribution in [2.24, 2.45) is 0 Å². The van der Waals surface area contributed by atoms with E-state index in [1.165, 1.54) is 6.07 Å². The van der Waals surface area contributed by atoms with Crippen LogP contribution in [0.15, 0.2) is 27.2 Å². The number of benzene rings is 1. The number of hydrogen-bond donors (Lipinski definition) is 1. The quantitative estimate of drug-likeness (QED) is 0.870. The summed E-state index contributed by atoms with van der Waals surface area (Å²) in [6, 6.07) is 3.15. The van der Waals surface area contributed by atoms with E-state index in [1.54, 1.807) is 0 Å². The second-order valence-electron chi connectivity index (χ2n) is 2.84. The van der Waals surface area contributed by atoms with Crippen LogP contribution >= 0.6 is 15.9 Å². The summed E-state index contributed by atoms with van der Waals surface area (Å²) in [7, 11) is 0. The van der Waals surface area contributed by atoms with Crippen molar-refractivity contribution in [2.75, 3.05) is 5.73 Å². The lowest BCUT2D eigenvalue weighted by atomic mass is 10.1. The van der Waals surface area contributed by atoms with Gasteiger partial charge in [0.25, 0.3) is 0 Å². The molecule has 1 aromatic carbocycles. The van der Waals surface area contributed by atoms with Crippen molar-refractivity contribution < 1.29 is 13.3 Å². The van der Waals surface area contributed by atoms with E-state index in [1.807, 2.05) is 0 Å². The summed E-state index contributed by atoms with van der Waals surface area (Å²) in [5, 5.41) is 3.45. The Morgan fingerprint density at radius 1 is 1.33 bits per heavy atom. The maximum Gasteiger partial charge on any atom is 0.186 e. The van der Waals surface area contributed by atoms with Gasteiger partial charge in [-0.05, 0) is 28.1 Å². The molecule has 0 spiro atoms. The van der Waals surface area contributed by atoms with Crippen molar-refractivity contribution in [1.29, 1.82) is 0 Å². The molecule has 2 aromatic rings. The lowest BCUT2D eigenvalue weighted by Gasteiger charge is -1.98. The normalized spacial score (nSPS) is 10.6. The van der Waals surface area contributed by atoms with Gasteiger partial charge in [-0.3, -0.25) is 0 Å². The summed E-state index contributed by atoms with van der Waals surface area (Å²) in [5.41, 5.74) is 5.51. The molecular weight excluding hydrogens is 270 g/mol. The van der Waals surface area contributed by atoms with Crippen LogP contribution in [-0.4, -0.2) is 5.16 Å². The predicted molar refractivity (Wildman–Crippen MR) is 54.0 cm³/mol. The summed E-state index contributed by atoms with van der Waals surface area (Å²) >= 11 is 3.10. The molecule has 0 radical (unpaired) electrons. The molecule has 0 unspecified atom stereocenters. The second-order valence-corrected chi connectivity index (χ2v) is 3.63. The van der Waals surface area contributed by atoms with Crippen molar-refractivity contribution in [1.82, 2.24) is 5.16 Å². The maximum absolute atomic E-state index is 13.3. The zero-order chi connectivity index (χ0) is 11.0. The zero-order valence-electron chi connectivity index (χ0n) is 7.30. The van der Waals surface area contributed by atoms with Gasteiger partial charge >= 0.3 is 0 Å². The summed E-state index contributed by atoms with van der Waals surface area (Å²) in [6.45, 7) is 0. The molecule has 0 saturated carbocycles. The van der Waals surface area contributed by atoms with Gasteiger partial charge in [-0.15, -0.1) is 0 Å². The van der Waals surface area contributed by atoms with Crippen molar-refractivity contribution in [3.8, 4) is 11.3 Å². The molecule has 0 atom stereocenters. The van der Waals surface area contributed by atoms with E-state index >= 15 is 0 Å². The molecule has 0 bridgehead atoms. The van der Waals surface area contributed by atoms with Crippen LogP contribution in [0.1, 0.15) is 0 Å². The zero-order valence-corrected chi connectivity index (χ0v) is 8.88. The van der Waals surface area contributed by atoms with Crippen molar-refractivity contribution in [2.45, 2.75) is 0 Å². The molecule has 15 heavy (non-hydrogen) atoms. The van der Waals surface area contributed by atoms with E-state index in [2.05, 4.69) is 21.1 Å². The van der Waals surface area contributed by atoms with Crippen LogP contribution in [0, 0.1) is 11.6 Å². The topological polar surface area (TPSA) is 52.0 Å². The Labute approximate surface area is 92.0 Å². The number of nitrogen functional groups attached to an aromatic ring is 1. The van der Waals surface area contributed by atoms with Crippen LogP contribution in [0.4, 0.5) is 14.6 Å². The second kappa shape index (κ2) is 3.62. The molecule has 0 fully saturated rings. The van der Waals surface area contributed by atoms with E-state index in [0.717, 1.165) is 12.1 Å². The van der Waals surface area contributed by atoms with Gasteiger partial charge in [0.15, 0.2) is 11.6 Å². The molecule has 3 nitrogen and oxygen atoms in total. The molecular formula is C9H5BrF2N2O. The monoisotopic (exact) mass is 274 g/mol. The van der Waals surface area contributed by atoms with Crippen LogP contribution in [0.2, 0.25) is 0 Å². The molecule has 78 valence electrons. The molecule has 1 heterocycles. The number of anilines is 1. The minimum Gasteiger partial charge on any atom is -0.380 e. The molecule has 2 N–H and O–H groups in total. The van der Waals surface area contributed by atoms with Gasteiger partial charge in [-0.1, -0.05) is 5.16 Å². The first-order valence-corrected chi connectivity index (χ1v) is 4.75. The Morgan fingerprint density at radius 3 is 2.60 bits per heavy atom. The van der Waals surface area contributed by atoms with Crippen LogP contribution in [0.25, 0.3) is 11.3 Å². The Kier molecular flexibility index (Phi) is 2.44. The summed E-state index contributed by atoms with van der Waals surface area (Å²) < 4.78 is 31.2. The van der Waals surface area contributed by atoms with E-state index in [9.17, 15) is 8.78 Å². The third kappa shape index (κ3) is 1.72. The van der Waals surface area contributed by atoms with Crippen LogP contribution in [-0.2, 0) is 0 Å². The fourth-order valence-corrected chi connectivity index (χ4v) is 1.49. The van der Waals surface area contributed by atoms with Crippen molar-refractivity contribution in [3.63, 3.8) is 0 Å². The van der Waals surface area contributed by atoms with Gasteiger partial charge < -0.3 is 10.3 Å². The number of nitrogens with two attached hydrogens (primary N) is 1. The summed E-state index contributed by atoms with van der Waals surface area (Å²) in [5.74, 6) is -1.12. The number of rotatable bonds is 1. The van der Waals surface area contributed by atoms with E-state index in [4.69, 9.17) is 10.3 Å². The number of hydrogen-bond acceptors (Lipinski definition) is 3. The largest absolute Gasteiger partial charge is 0.380 e. The average molecular weight is 275 g/mol. The minimum absolute atomic E-state index is 0.104. The highest BCUT2D eigenvalue weighted by atomic mass is 79.9. The van der Waals surface area contributed by atoms with Crippen molar-refractivity contribution in [3.05, 3.63) is 34.3 Å². The van der Waals surface area contributed by atoms with E-state index < -0.39 is 11.6 Å². The fraction of sp³-hybridized carbons (Fsp3) is 0. The first-order valence-electron chi connectivity index (χ1n) is 3.95. The van der Waals surface area contributed by atoms with Crippen LogP contribution < -0.4 is 5.73 Å². The van der Waals surface area contributed by atoms with Crippen molar-refractivity contribution >= 4 is 21.7 Å². The molecule has 0 aliphatic rings. The fourth-order valence-electron chi connectivity index (χ4n) is 1.13. The lowest BCUT2D eigenvalue weighted by Crippen LogP contribution is -1.86. The molecule has 2 rings (SSSR count). The first-order chi connectivity index (χ1) is 7.09. The molecule has 0 aliphatic heterocycles. The number of halogens is 3. The number of aromatic nitrogens is 1. The smallest absolute Gasteiger partial charge is 0.186 e. The van der Waals surface area contributed by atoms with Crippen LogP contribution in [0.3, 0.4) is 0 Å². The standard InChI is InChI=1S/C9H5BrF2N2O/c10-7-8(15-14-9(7)13)5-2-1-4(11)3-6(5)12/h1-3H,(H2,13,14). The molecule has 0 amide bonds. The molecule has 1 aromatic heterocycles. The third-order valence-corrected chi connectivity index (χ3v) is 2.60. The van der Waals surface area contributed by atoms with E-state index in [0.29, 0.717) is 4.47 Å².